The average molecular weight is 405 g/mol. The zero-order valence-electron chi connectivity index (χ0n) is 16.4. The fourth-order valence-electron chi connectivity index (χ4n) is 2.31. The lowest BCUT2D eigenvalue weighted by Crippen LogP contribution is -2.20. The van der Waals surface area contributed by atoms with Crippen LogP contribution in [0.1, 0.15) is 10.4 Å². The molecule has 0 saturated carbocycles. The van der Waals surface area contributed by atoms with Crippen LogP contribution >= 0.6 is 0 Å². The minimum Gasteiger partial charge on any atom is -0.493 e. The van der Waals surface area contributed by atoms with E-state index in [4.69, 9.17) is 29.4 Å². The van der Waals surface area contributed by atoms with Gasteiger partial charge >= 0.3 is 0 Å². The zero-order chi connectivity index (χ0) is 21.2. The molecule has 0 aliphatic carbocycles. The second kappa shape index (κ2) is 10.7. The predicted octanol–water partition coefficient (Wildman–Crippen LogP) is 1.24. The molecule has 156 valence electrons. The van der Waals surface area contributed by atoms with E-state index in [2.05, 4.69) is 10.3 Å². The molecule has 2 amide bonds. The number of aromatic nitrogens is 1. The number of carbonyl (C=O) groups is 2. The number of anilines is 1. The van der Waals surface area contributed by atoms with E-state index in [1.54, 1.807) is 25.4 Å². The molecule has 10 nitrogen and oxygen atoms in total. The molecule has 0 bridgehead atoms. The molecule has 0 aliphatic heterocycles. The molecule has 1 aromatic carbocycles. The first-order chi connectivity index (χ1) is 14.0. The van der Waals surface area contributed by atoms with Crippen LogP contribution in [0.25, 0.3) is 0 Å². The van der Waals surface area contributed by atoms with E-state index in [0.717, 1.165) is 0 Å². The standard InChI is InChI=1S/C19H23N3O7/c1-25-7-8-28-19-13(5-4-6-21-19)22-18(24)12-9-14(26-2)17(15(10-12)27-3)29-11-16(20)23/h4-6,9-10H,7-8,11H2,1-3H3,(H2,20,23)(H,22,24). The Kier molecular flexibility index (Phi) is 8.04. The van der Waals surface area contributed by atoms with Crippen LogP contribution in [0.5, 0.6) is 23.1 Å². The summed E-state index contributed by atoms with van der Waals surface area (Å²) < 4.78 is 26.3. The van der Waals surface area contributed by atoms with Gasteiger partial charge in [-0.15, -0.1) is 0 Å². The summed E-state index contributed by atoms with van der Waals surface area (Å²) in [5.41, 5.74) is 5.73. The fourth-order valence-corrected chi connectivity index (χ4v) is 2.31. The summed E-state index contributed by atoms with van der Waals surface area (Å²) in [5.74, 6) is -0.272. The minimum atomic E-state index is -0.659. The molecule has 10 heteroatoms. The van der Waals surface area contributed by atoms with E-state index in [-0.39, 0.29) is 41.9 Å². The molecule has 0 unspecified atom stereocenters. The first-order valence-electron chi connectivity index (χ1n) is 8.55. The van der Waals surface area contributed by atoms with E-state index >= 15 is 0 Å². The van der Waals surface area contributed by atoms with E-state index in [9.17, 15) is 9.59 Å². The van der Waals surface area contributed by atoms with Crippen molar-refractivity contribution in [2.75, 3.05) is 46.5 Å². The third-order valence-corrected chi connectivity index (χ3v) is 3.63. The number of rotatable bonds is 11. The zero-order valence-corrected chi connectivity index (χ0v) is 16.4. The van der Waals surface area contributed by atoms with Gasteiger partial charge in [0.1, 0.15) is 12.3 Å². The number of hydrogen-bond acceptors (Lipinski definition) is 8. The largest absolute Gasteiger partial charge is 0.493 e. The van der Waals surface area contributed by atoms with Crippen LogP contribution < -0.4 is 30.0 Å². The van der Waals surface area contributed by atoms with Crippen molar-refractivity contribution in [3.63, 3.8) is 0 Å². The normalized spacial score (nSPS) is 10.2. The highest BCUT2D eigenvalue weighted by atomic mass is 16.5. The summed E-state index contributed by atoms with van der Waals surface area (Å²) in [6, 6.07) is 6.23. The van der Waals surface area contributed by atoms with Crippen LogP contribution in [0.4, 0.5) is 5.69 Å². The van der Waals surface area contributed by atoms with Crippen LogP contribution in [0, 0.1) is 0 Å². The molecular weight excluding hydrogens is 382 g/mol. The Bertz CT molecular complexity index is 832. The number of pyridine rings is 1. The predicted molar refractivity (Wildman–Crippen MR) is 104 cm³/mol. The summed E-state index contributed by atoms with van der Waals surface area (Å²) in [7, 11) is 4.36. The third kappa shape index (κ3) is 5.98. The summed E-state index contributed by atoms with van der Waals surface area (Å²) in [6.45, 7) is 0.297. The SMILES string of the molecule is COCCOc1ncccc1NC(=O)c1cc(OC)c(OCC(N)=O)c(OC)c1. The van der Waals surface area contributed by atoms with Gasteiger partial charge in [0.05, 0.1) is 20.8 Å². The van der Waals surface area contributed by atoms with E-state index in [0.29, 0.717) is 12.3 Å². The lowest BCUT2D eigenvalue weighted by atomic mass is 10.1. The van der Waals surface area contributed by atoms with Crippen LogP contribution in [-0.2, 0) is 9.53 Å². The monoisotopic (exact) mass is 405 g/mol. The smallest absolute Gasteiger partial charge is 0.256 e. The van der Waals surface area contributed by atoms with Crippen molar-refractivity contribution in [1.82, 2.24) is 4.98 Å². The Morgan fingerprint density at radius 3 is 2.34 bits per heavy atom. The number of amides is 2. The quantitative estimate of drug-likeness (QED) is 0.534. The number of nitrogens with zero attached hydrogens (tertiary/aromatic N) is 1. The molecule has 0 radical (unpaired) electrons. The Labute approximate surface area is 167 Å². The van der Waals surface area contributed by atoms with Crippen molar-refractivity contribution in [1.29, 1.82) is 0 Å². The van der Waals surface area contributed by atoms with Crippen LogP contribution in [0.3, 0.4) is 0 Å². The van der Waals surface area contributed by atoms with Crippen molar-refractivity contribution in [2.24, 2.45) is 5.73 Å². The molecule has 2 aromatic rings. The molecular formula is C19H23N3O7. The maximum atomic E-state index is 12.8. The van der Waals surface area contributed by atoms with Crippen LogP contribution in [0.15, 0.2) is 30.5 Å². The second-order valence-electron chi connectivity index (χ2n) is 5.62. The van der Waals surface area contributed by atoms with Gasteiger partial charge in [-0.3, -0.25) is 9.59 Å². The molecule has 29 heavy (non-hydrogen) atoms. The van der Waals surface area contributed by atoms with Gasteiger partial charge < -0.3 is 34.7 Å². The first-order valence-corrected chi connectivity index (χ1v) is 8.55. The molecule has 1 aromatic heterocycles. The summed E-state index contributed by atoms with van der Waals surface area (Å²) >= 11 is 0. The number of nitrogens with one attached hydrogen (secondary N) is 1. The van der Waals surface area contributed by atoms with Gasteiger partial charge in [0, 0.05) is 18.9 Å². The van der Waals surface area contributed by atoms with Gasteiger partial charge in [0.2, 0.25) is 11.6 Å². The molecule has 0 fully saturated rings. The number of hydrogen-bond donors (Lipinski definition) is 2. The molecule has 0 aliphatic rings. The van der Waals surface area contributed by atoms with Crippen molar-refractivity contribution >= 4 is 17.5 Å². The van der Waals surface area contributed by atoms with Crippen molar-refractivity contribution < 1.29 is 33.3 Å². The van der Waals surface area contributed by atoms with Gasteiger partial charge in [-0.2, -0.15) is 0 Å². The van der Waals surface area contributed by atoms with Gasteiger partial charge in [0.25, 0.3) is 11.8 Å². The maximum Gasteiger partial charge on any atom is 0.256 e. The van der Waals surface area contributed by atoms with Crippen LogP contribution in [-0.4, -0.2) is 57.9 Å². The van der Waals surface area contributed by atoms with Gasteiger partial charge in [-0.05, 0) is 24.3 Å². The molecule has 3 N–H and O–H groups in total. The number of primary amides is 1. The Morgan fingerprint density at radius 2 is 1.76 bits per heavy atom. The number of ether oxygens (including phenoxy) is 5. The summed E-state index contributed by atoms with van der Waals surface area (Å²) in [6.07, 6.45) is 1.55. The van der Waals surface area contributed by atoms with Crippen LogP contribution in [0.2, 0.25) is 0 Å². The summed E-state index contributed by atoms with van der Waals surface area (Å²) in [4.78, 5) is 27.9. The number of carbonyl (C=O) groups excluding carboxylic acids is 2. The third-order valence-electron chi connectivity index (χ3n) is 3.63. The highest BCUT2D eigenvalue weighted by molar-refractivity contribution is 6.05. The van der Waals surface area contributed by atoms with Crippen molar-refractivity contribution in [3.05, 3.63) is 36.0 Å². The highest BCUT2D eigenvalue weighted by Crippen LogP contribution is 2.38. The maximum absolute atomic E-state index is 12.8. The van der Waals surface area contributed by atoms with E-state index < -0.39 is 11.8 Å². The lowest BCUT2D eigenvalue weighted by Gasteiger charge is -2.16. The molecule has 1 heterocycles. The number of methoxy groups -OCH3 is 3. The second-order valence-corrected chi connectivity index (χ2v) is 5.62. The molecule has 0 saturated heterocycles. The Balaban J connectivity index is 2.26. The molecule has 0 spiro atoms. The van der Waals surface area contributed by atoms with Gasteiger partial charge in [0.15, 0.2) is 18.1 Å². The first kappa shape index (κ1) is 21.8. The molecule has 0 atom stereocenters. The average Bonchev–Trinajstić information content (AvgIpc) is 2.72. The number of nitrogens with two attached hydrogens (primary N) is 1. The number of benzene rings is 1. The lowest BCUT2D eigenvalue weighted by molar-refractivity contribution is -0.120. The van der Waals surface area contributed by atoms with E-state index in [1.807, 2.05) is 0 Å². The van der Waals surface area contributed by atoms with Crippen molar-refractivity contribution in [2.45, 2.75) is 0 Å². The molecule has 2 rings (SSSR count). The van der Waals surface area contributed by atoms with E-state index in [1.165, 1.54) is 26.4 Å². The summed E-state index contributed by atoms with van der Waals surface area (Å²) in [5, 5.41) is 2.73. The van der Waals surface area contributed by atoms with Gasteiger partial charge in [-0.1, -0.05) is 0 Å². The minimum absolute atomic E-state index is 0.162. The Morgan fingerprint density at radius 1 is 1.07 bits per heavy atom. The highest BCUT2D eigenvalue weighted by Gasteiger charge is 2.19. The Hall–Kier alpha value is -3.53. The fraction of sp³-hybridized carbons (Fsp3) is 0.316. The van der Waals surface area contributed by atoms with Crippen molar-refractivity contribution in [3.8, 4) is 23.1 Å². The van der Waals surface area contributed by atoms with Gasteiger partial charge in [-0.25, -0.2) is 4.98 Å². The topological polar surface area (TPSA) is 131 Å².